The first-order valence-electron chi connectivity index (χ1n) is 20.7. The highest BCUT2D eigenvalue weighted by Crippen LogP contribution is 2.40. The molecule has 2 aromatic rings. The summed E-state index contributed by atoms with van der Waals surface area (Å²) in [6.07, 6.45) is -4.97. The Hall–Kier alpha value is -5.51. The van der Waals surface area contributed by atoms with Gasteiger partial charge in [0, 0.05) is 56.2 Å². The molecule has 1 saturated heterocycles. The molecule has 330 valence electrons. The minimum absolute atomic E-state index is 0.00141. The Morgan fingerprint density at radius 3 is 1.53 bits per heavy atom. The van der Waals surface area contributed by atoms with Crippen molar-refractivity contribution in [2.24, 2.45) is 0 Å². The number of benzene rings is 2. The molecule has 0 N–H and O–H groups in total. The number of ketones is 1. The molecule has 60 heavy (non-hydrogen) atoms. The predicted molar refractivity (Wildman–Crippen MR) is 213 cm³/mol. The summed E-state index contributed by atoms with van der Waals surface area (Å²) >= 11 is 0. The number of carbonyl (C=O) groups is 7. The Balaban J connectivity index is 2.28. The van der Waals surface area contributed by atoms with E-state index in [9.17, 15) is 33.6 Å². The third-order valence-electron chi connectivity index (χ3n) is 8.84. The zero-order chi connectivity index (χ0) is 44.2. The van der Waals surface area contributed by atoms with Crippen molar-refractivity contribution in [3.63, 3.8) is 0 Å². The molecule has 16 nitrogen and oxygen atoms in total. The second-order valence-corrected chi connectivity index (χ2v) is 14.0. The van der Waals surface area contributed by atoms with E-state index in [1.807, 2.05) is 6.92 Å². The average molecular weight is 843 g/mol. The third-order valence-corrected chi connectivity index (χ3v) is 8.84. The molecule has 1 aliphatic rings. The standard InChI is InChI=1S/C44H58O16/c1-8-14-33(45)53-26-32-41(58-36(48)17-11-4)42(59-37(49)18-12-5)43(60-38(50)19-13-6)44(57-32)56-31-25-29(52-7)24-30(55-35(47)16-10-3)39(31)40(51)27-20-22-28(23-21-27)54-34(46)15-9-2/h20-25,32,41-44H,8-19,26H2,1-7H3/t32-,41-,42+,43-,44-/m1/s1. The van der Waals surface area contributed by atoms with E-state index in [1.165, 1.54) is 43.5 Å². The summed E-state index contributed by atoms with van der Waals surface area (Å²) in [7, 11) is 1.34. The maximum absolute atomic E-state index is 14.5. The Labute approximate surface area is 350 Å². The van der Waals surface area contributed by atoms with Gasteiger partial charge in [0.15, 0.2) is 12.2 Å². The second kappa shape index (κ2) is 25.2. The van der Waals surface area contributed by atoms with Crippen molar-refractivity contribution in [3.05, 3.63) is 47.5 Å². The minimum Gasteiger partial charge on any atom is -0.496 e. The van der Waals surface area contributed by atoms with Crippen LogP contribution in [0.1, 0.15) is 135 Å². The number of carbonyl (C=O) groups excluding carboxylic acids is 7. The largest absolute Gasteiger partial charge is 0.496 e. The Kier molecular flexibility index (Phi) is 20.5. The quantitative estimate of drug-likeness (QED) is 0.0456. The van der Waals surface area contributed by atoms with Gasteiger partial charge in [0.25, 0.3) is 0 Å². The molecule has 0 radical (unpaired) electrons. The summed E-state index contributed by atoms with van der Waals surface area (Å²) in [5.74, 6) is -4.80. The Morgan fingerprint density at radius 1 is 0.533 bits per heavy atom. The van der Waals surface area contributed by atoms with Crippen LogP contribution in [0.5, 0.6) is 23.0 Å². The maximum atomic E-state index is 14.5. The normalized spacial score (nSPS) is 18.4. The van der Waals surface area contributed by atoms with Gasteiger partial charge in [0.1, 0.15) is 41.3 Å². The van der Waals surface area contributed by atoms with Crippen LogP contribution in [0.25, 0.3) is 0 Å². The van der Waals surface area contributed by atoms with E-state index in [-0.39, 0.29) is 72.6 Å². The van der Waals surface area contributed by atoms with Crippen LogP contribution in [-0.4, -0.2) is 86.0 Å². The molecule has 1 aliphatic heterocycles. The van der Waals surface area contributed by atoms with Gasteiger partial charge in [-0.1, -0.05) is 41.5 Å². The number of esters is 6. The Morgan fingerprint density at radius 2 is 1.00 bits per heavy atom. The molecule has 0 saturated carbocycles. The van der Waals surface area contributed by atoms with Crippen molar-refractivity contribution in [2.45, 2.75) is 149 Å². The minimum atomic E-state index is -1.74. The van der Waals surface area contributed by atoms with Crippen LogP contribution < -0.4 is 18.9 Å². The van der Waals surface area contributed by atoms with Gasteiger partial charge < -0.3 is 42.6 Å². The molecule has 0 amide bonds. The number of methoxy groups -OCH3 is 1. The lowest BCUT2D eigenvalue weighted by molar-refractivity contribution is -0.289. The molecular weight excluding hydrogens is 784 g/mol. The van der Waals surface area contributed by atoms with Gasteiger partial charge in [-0.25, -0.2) is 0 Å². The first-order valence-corrected chi connectivity index (χ1v) is 20.7. The molecule has 0 unspecified atom stereocenters. The second-order valence-electron chi connectivity index (χ2n) is 14.0. The molecule has 0 spiro atoms. The van der Waals surface area contributed by atoms with Crippen LogP contribution in [0.3, 0.4) is 0 Å². The van der Waals surface area contributed by atoms with E-state index < -0.39 is 78.9 Å². The summed E-state index contributed by atoms with van der Waals surface area (Å²) < 4.78 is 52.6. The smallest absolute Gasteiger partial charge is 0.311 e. The molecule has 2 aromatic carbocycles. The van der Waals surface area contributed by atoms with E-state index in [1.54, 1.807) is 34.6 Å². The lowest BCUT2D eigenvalue weighted by Gasteiger charge is -2.44. The van der Waals surface area contributed by atoms with Crippen LogP contribution in [0, 0.1) is 0 Å². The lowest BCUT2D eigenvalue weighted by Crippen LogP contribution is -2.64. The van der Waals surface area contributed by atoms with Crippen LogP contribution >= 0.6 is 0 Å². The molecule has 16 heteroatoms. The van der Waals surface area contributed by atoms with Gasteiger partial charge >= 0.3 is 35.8 Å². The molecule has 1 heterocycles. The van der Waals surface area contributed by atoms with Crippen molar-refractivity contribution in [3.8, 4) is 23.0 Å². The molecule has 0 aliphatic carbocycles. The summed E-state index contributed by atoms with van der Waals surface area (Å²) in [6.45, 7) is 10.2. The van der Waals surface area contributed by atoms with Gasteiger partial charge in [-0.3, -0.25) is 33.6 Å². The van der Waals surface area contributed by atoms with Crippen molar-refractivity contribution in [2.75, 3.05) is 13.7 Å². The van der Waals surface area contributed by atoms with E-state index in [0.717, 1.165) is 0 Å². The summed E-state index contributed by atoms with van der Waals surface area (Å²) in [5, 5.41) is 0. The molecule has 0 aromatic heterocycles. The van der Waals surface area contributed by atoms with Crippen LogP contribution in [0.2, 0.25) is 0 Å². The average Bonchev–Trinajstić information content (AvgIpc) is 3.19. The first-order chi connectivity index (χ1) is 28.8. The molecule has 3 rings (SSSR count). The van der Waals surface area contributed by atoms with Gasteiger partial charge in [0.05, 0.1) is 7.11 Å². The number of ether oxygens (including phenoxy) is 9. The summed E-state index contributed by atoms with van der Waals surface area (Å²) in [6, 6.07) is 8.33. The lowest BCUT2D eigenvalue weighted by atomic mass is 9.97. The Bertz CT molecular complexity index is 1770. The van der Waals surface area contributed by atoms with E-state index >= 15 is 0 Å². The summed E-state index contributed by atoms with van der Waals surface area (Å²) in [5.41, 5.74) is -0.210. The first kappa shape index (κ1) is 48.9. The third kappa shape index (κ3) is 14.6. The summed E-state index contributed by atoms with van der Waals surface area (Å²) in [4.78, 5) is 91.9. The highest BCUT2D eigenvalue weighted by Gasteiger charge is 2.54. The van der Waals surface area contributed by atoms with Crippen LogP contribution in [0.4, 0.5) is 0 Å². The van der Waals surface area contributed by atoms with Crippen molar-refractivity contribution in [1.82, 2.24) is 0 Å². The topological polar surface area (TPSA) is 203 Å². The predicted octanol–water partition coefficient (Wildman–Crippen LogP) is 6.92. The molecule has 0 bridgehead atoms. The van der Waals surface area contributed by atoms with E-state index in [0.29, 0.717) is 38.5 Å². The zero-order valence-corrected chi connectivity index (χ0v) is 35.6. The highest BCUT2D eigenvalue weighted by molar-refractivity contribution is 6.13. The van der Waals surface area contributed by atoms with Gasteiger partial charge in [0.2, 0.25) is 18.2 Å². The number of hydrogen-bond acceptors (Lipinski definition) is 16. The number of hydrogen-bond donors (Lipinski definition) is 0. The van der Waals surface area contributed by atoms with Crippen LogP contribution in [-0.2, 0) is 52.5 Å². The van der Waals surface area contributed by atoms with Gasteiger partial charge in [-0.2, -0.15) is 0 Å². The van der Waals surface area contributed by atoms with Crippen molar-refractivity contribution in [1.29, 1.82) is 0 Å². The van der Waals surface area contributed by atoms with Crippen LogP contribution in [0.15, 0.2) is 36.4 Å². The monoisotopic (exact) mass is 842 g/mol. The SMILES string of the molecule is CCCC(=O)OC[C@H]1O[C@@H](Oc2cc(OC)cc(OC(=O)CCC)c2C(=O)c2ccc(OC(=O)CCC)cc2)[C@H](OC(=O)CCC)[C@@H](OC(=O)CCC)[C@@H]1OC(=O)CCC. The number of rotatable bonds is 24. The van der Waals surface area contributed by atoms with E-state index in [4.69, 9.17) is 42.6 Å². The van der Waals surface area contributed by atoms with E-state index in [2.05, 4.69) is 0 Å². The fourth-order valence-corrected chi connectivity index (χ4v) is 5.99. The molecule has 5 atom stereocenters. The zero-order valence-electron chi connectivity index (χ0n) is 35.6. The fourth-order valence-electron chi connectivity index (χ4n) is 5.99. The highest BCUT2D eigenvalue weighted by atomic mass is 16.7. The van der Waals surface area contributed by atoms with Gasteiger partial charge in [-0.15, -0.1) is 0 Å². The molecule has 1 fully saturated rings. The van der Waals surface area contributed by atoms with Crippen molar-refractivity contribution < 1.29 is 76.2 Å². The van der Waals surface area contributed by atoms with Gasteiger partial charge in [-0.05, 0) is 62.8 Å². The maximum Gasteiger partial charge on any atom is 0.311 e. The molecular formula is C44H58O16. The van der Waals surface area contributed by atoms with Crippen molar-refractivity contribution >= 4 is 41.6 Å². The fraction of sp³-hybridized carbons (Fsp3) is 0.568.